The number of benzene rings is 1. The van der Waals surface area contributed by atoms with Gasteiger partial charge in [-0.2, -0.15) is 0 Å². The molecule has 0 radical (unpaired) electrons. The van der Waals surface area contributed by atoms with Gasteiger partial charge < -0.3 is 15.7 Å². The highest BCUT2D eigenvalue weighted by molar-refractivity contribution is 6.31. The Balaban J connectivity index is 1.86. The van der Waals surface area contributed by atoms with Crippen molar-refractivity contribution < 1.29 is 14.7 Å². The van der Waals surface area contributed by atoms with Gasteiger partial charge in [-0.05, 0) is 30.5 Å². The normalized spacial score (nSPS) is 14.9. The minimum atomic E-state index is -1.10. The predicted molar refractivity (Wildman–Crippen MR) is 82.0 cm³/mol. The van der Waals surface area contributed by atoms with Crippen LogP contribution in [0.15, 0.2) is 18.2 Å². The van der Waals surface area contributed by atoms with E-state index in [1.54, 1.807) is 0 Å². The van der Waals surface area contributed by atoms with Gasteiger partial charge in [0.05, 0.1) is 11.3 Å². The highest BCUT2D eigenvalue weighted by Crippen LogP contribution is 2.27. The van der Waals surface area contributed by atoms with Gasteiger partial charge in [-0.25, -0.2) is 9.59 Å². The molecular weight excluding hydrogens is 292 g/mol. The van der Waals surface area contributed by atoms with Crippen LogP contribution in [0.5, 0.6) is 0 Å². The van der Waals surface area contributed by atoms with Crippen LogP contribution in [0.2, 0.25) is 5.02 Å². The lowest BCUT2D eigenvalue weighted by Gasteiger charge is -2.12. The van der Waals surface area contributed by atoms with E-state index in [2.05, 4.69) is 10.6 Å². The van der Waals surface area contributed by atoms with Crippen LogP contribution in [0.4, 0.5) is 10.5 Å². The van der Waals surface area contributed by atoms with Crippen LogP contribution in [0.3, 0.4) is 0 Å². The maximum Gasteiger partial charge on any atom is 0.337 e. The number of hydrogen-bond acceptors (Lipinski definition) is 2. The van der Waals surface area contributed by atoms with Crippen molar-refractivity contribution in [2.75, 3.05) is 11.9 Å². The van der Waals surface area contributed by atoms with Gasteiger partial charge in [-0.15, -0.1) is 0 Å². The van der Waals surface area contributed by atoms with Gasteiger partial charge in [0.15, 0.2) is 0 Å². The number of hydrogen-bond donors (Lipinski definition) is 3. The molecule has 3 N–H and O–H groups in total. The molecule has 0 spiro atoms. The minimum absolute atomic E-state index is 0.0188. The van der Waals surface area contributed by atoms with Gasteiger partial charge in [0.2, 0.25) is 0 Å². The fraction of sp³-hybridized carbons (Fsp3) is 0.467. The average molecular weight is 311 g/mol. The molecule has 2 amide bonds. The number of rotatable bonds is 5. The molecule has 114 valence electrons. The lowest BCUT2D eigenvalue weighted by molar-refractivity contribution is 0.0698. The number of carboxylic acid groups (broad SMARTS) is 1. The smallest absolute Gasteiger partial charge is 0.337 e. The van der Waals surface area contributed by atoms with Crippen LogP contribution < -0.4 is 10.6 Å². The average Bonchev–Trinajstić information content (AvgIpc) is 2.91. The van der Waals surface area contributed by atoms with Gasteiger partial charge in [0.1, 0.15) is 0 Å². The summed E-state index contributed by atoms with van der Waals surface area (Å²) >= 11 is 5.83. The van der Waals surface area contributed by atoms with Crippen molar-refractivity contribution >= 4 is 29.3 Å². The SMILES string of the molecule is O=C(NCCC1CCCC1)Nc1cc(Cl)ccc1C(=O)O. The van der Waals surface area contributed by atoms with Crippen LogP contribution >= 0.6 is 11.6 Å². The van der Waals surface area contributed by atoms with E-state index in [0.717, 1.165) is 6.42 Å². The van der Waals surface area contributed by atoms with Gasteiger partial charge in [0.25, 0.3) is 0 Å². The number of carbonyl (C=O) groups is 2. The van der Waals surface area contributed by atoms with Crippen molar-refractivity contribution in [1.82, 2.24) is 5.32 Å². The highest BCUT2D eigenvalue weighted by Gasteiger charge is 2.16. The van der Waals surface area contributed by atoms with Gasteiger partial charge in [0, 0.05) is 11.6 Å². The fourth-order valence-corrected chi connectivity index (χ4v) is 2.83. The molecule has 0 bridgehead atoms. The Kier molecular flexibility index (Phi) is 5.44. The van der Waals surface area contributed by atoms with Gasteiger partial charge in [-0.3, -0.25) is 0 Å². The largest absolute Gasteiger partial charge is 0.478 e. The van der Waals surface area contributed by atoms with Crippen LogP contribution in [-0.2, 0) is 0 Å². The third-order valence-electron chi connectivity index (χ3n) is 3.77. The summed E-state index contributed by atoms with van der Waals surface area (Å²) in [5.41, 5.74) is 0.221. The lowest BCUT2D eigenvalue weighted by Crippen LogP contribution is -2.31. The number of carboxylic acids is 1. The van der Waals surface area contributed by atoms with Crippen molar-refractivity contribution in [2.24, 2.45) is 5.92 Å². The molecule has 1 aromatic rings. The standard InChI is InChI=1S/C15H19ClN2O3/c16-11-5-6-12(14(19)20)13(9-11)18-15(21)17-8-7-10-3-1-2-4-10/h5-6,9-10H,1-4,7-8H2,(H,19,20)(H2,17,18,21). The Hall–Kier alpha value is -1.75. The molecule has 6 heteroatoms. The van der Waals surface area contributed by atoms with Gasteiger partial charge >= 0.3 is 12.0 Å². The Morgan fingerprint density at radius 3 is 2.67 bits per heavy atom. The van der Waals surface area contributed by atoms with Crippen LogP contribution in [0, 0.1) is 5.92 Å². The molecule has 1 saturated carbocycles. The van der Waals surface area contributed by atoms with E-state index in [0.29, 0.717) is 17.5 Å². The molecular formula is C15H19ClN2O3. The molecule has 2 rings (SSSR count). The maximum atomic E-state index is 11.8. The molecule has 1 aromatic carbocycles. The molecule has 0 heterocycles. The van der Waals surface area contributed by atoms with Crippen molar-refractivity contribution in [2.45, 2.75) is 32.1 Å². The Bertz CT molecular complexity index is 528. The summed E-state index contributed by atoms with van der Waals surface area (Å²) in [6.07, 6.45) is 6.00. The van der Waals surface area contributed by atoms with Crippen molar-refractivity contribution in [3.05, 3.63) is 28.8 Å². The monoisotopic (exact) mass is 310 g/mol. The molecule has 0 atom stereocenters. The Morgan fingerprint density at radius 1 is 1.29 bits per heavy atom. The van der Waals surface area contributed by atoms with Crippen molar-refractivity contribution in [3.63, 3.8) is 0 Å². The van der Waals surface area contributed by atoms with E-state index < -0.39 is 12.0 Å². The third kappa shape index (κ3) is 4.63. The summed E-state index contributed by atoms with van der Waals surface area (Å²) in [4.78, 5) is 22.9. The Labute approximate surface area is 128 Å². The molecule has 1 aliphatic rings. The van der Waals surface area contributed by atoms with Gasteiger partial charge in [-0.1, -0.05) is 37.3 Å². The maximum absolute atomic E-state index is 11.8. The summed E-state index contributed by atoms with van der Waals surface area (Å²) < 4.78 is 0. The number of carbonyl (C=O) groups excluding carboxylic acids is 1. The number of halogens is 1. The summed E-state index contributed by atoms with van der Waals surface area (Å²) in [5, 5.41) is 14.8. The second kappa shape index (κ2) is 7.31. The van der Waals surface area contributed by atoms with E-state index in [1.807, 2.05) is 0 Å². The van der Waals surface area contributed by atoms with E-state index >= 15 is 0 Å². The summed E-state index contributed by atoms with van der Waals surface area (Å²) in [6.45, 7) is 0.597. The van der Waals surface area contributed by atoms with E-state index in [-0.39, 0.29) is 11.3 Å². The molecule has 0 saturated heterocycles. The van der Waals surface area contributed by atoms with E-state index in [1.165, 1.54) is 43.9 Å². The van der Waals surface area contributed by atoms with Crippen molar-refractivity contribution in [3.8, 4) is 0 Å². The Morgan fingerprint density at radius 2 is 2.00 bits per heavy atom. The second-order valence-corrected chi connectivity index (χ2v) is 5.75. The summed E-state index contributed by atoms with van der Waals surface area (Å²) in [6, 6.07) is 3.88. The third-order valence-corrected chi connectivity index (χ3v) is 4.01. The first-order chi connectivity index (χ1) is 10.1. The predicted octanol–water partition coefficient (Wildman–Crippen LogP) is 3.74. The fourth-order valence-electron chi connectivity index (χ4n) is 2.66. The first-order valence-corrected chi connectivity index (χ1v) is 7.52. The number of nitrogens with one attached hydrogen (secondary N) is 2. The van der Waals surface area contributed by atoms with E-state index in [4.69, 9.17) is 16.7 Å². The van der Waals surface area contributed by atoms with Crippen LogP contribution in [0.1, 0.15) is 42.5 Å². The first-order valence-electron chi connectivity index (χ1n) is 7.14. The molecule has 5 nitrogen and oxygen atoms in total. The van der Waals surface area contributed by atoms with Crippen LogP contribution in [-0.4, -0.2) is 23.7 Å². The molecule has 21 heavy (non-hydrogen) atoms. The topological polar surface area (TPSA) is 78.4 Å². The zero-order valence-electron chi connectivity index (χ0n) is 11.7. The summed E-state index contributed by atoms with van der Waals surface area (Å²) in [5.74, 6) is -0.404. The number of urea groups is 1. The minimum Gasteiger partial charge on any atom is -0.478 e. The number of anilines is 1. The summed E-state index contributed by atoms with van der Waals surface area (Å²) in [7, 11) is 0. The quantitative estimate of drug-likeness (QED) is 0.775. The first kappa shape index (κ1) is 15.6. The molecule has 1 aliphatic carbocycles. The molecule has 0 aromatic heterocycles. The second-order valence-electron chi connectivity index (χ2n) is 5.32. The molecule has 0 unspecified atom stereocenters. The van der Waals surface area contributed by atoms with E-state index in [9.17, 15) is 9.59 Å². The molecule has 0 aliphatic heterocycles. The highest BCUT2D eigenvalue weighted by atomic mass is 35.5. The number of amides is 2. The van der Waals surface area contributed by atoms with Crippen LogP contribution in [0.25, 0.3) is 0 Å². The number of aromatic carboxylic acids is 1. The zero-order valence-corrected chi connectivity index (χ0v) is 12.4. The van der Waals surface area contributed by atoms with Crippen molar-refractivity contribution in [1.29, 1.82) is 0 Å². The molecule has 1 fully saturated rings. The zero-order chi connectivity index (χ0) is 15.2. The lowest BCUT2D eigenvalue weighted by atomic mass is 10.0.